The molecule has 4 heteroatoms. The minimum atomic E-state index is 0.336. The van der Waals surface area contributed by atoms with E-state index in [0.717, 1.165) is 52.2 Å². The second kappa shape index (κ2) is 4.94. The molecule has 4 nitrogen and oxygen atoms in total. The molecule has 15 heavy (non-hydrogen) atoms. The van der Waals surface area contributed by atoms with Gasteiger partial charge in [0.1, 0.15) is 0 Å². The second-order valence-electron chi connectivity index (χ2n) is 4.49. The van der Waals surface area contributed by atoms with Gasteiger partial charge < -0.3 is 9.64 Å². The number of ether oxygens (including phenoxy) is 1. The Hall–Kier alpha value is -0.610. The Bertz CT molecular complexity index is 223. The molecule has 0 N–H and O–H groups in total. The van der Waals surface area contributed by atoms with Gasteiger partial charge in [0.15, 0.2) is 0 Å². The fourth-order valence-electron chi connectivity index (χ4n) is 1.87. The van der Waals surface area contributed by atoms with Crippen molar-refractivity contribution in [3.8, 4) is 0 Å². The van der Waals surface area contributed by atoms with Crippen LogP contribution < -0.4 is 0 Å². The van der Waals surface area contributed by atoms with Crippen LogP contribution in [0.15, 0.2) is 0 Å². The van der Waals surface area contributed by atoms with Crippen molar-refractivity contribution in [3.63, 3.8) is 0 Å². The smallest absolute Gasteiger partial charge is 0.225 e. The van der Waals surface area contributed by atoms with Gasteiger partial charge in [-0.25, -0.2) is 0 Å². The number of amides is 1. The van der Waals surface area contributed by atoms with Crippen molar-refractivity contribution in [3.05, 3.63) is 0 Å². The fraction of sp³-hybridized carbons (Fsp3) is 0.909. The standard InChI is InChI=1S/C11H20N2O2/c1-12(11(14)10-2-3-10)4-5-13-6-8-15-9-7-13/h10H,2-9H2,1H3. The summed E-state index contributed by atoms with van der Waals surface area (Å²) in [6.45, 7) is 5.52. The van der Waals surface area contributed by atoms with Crippen molar-refractivity contribution in [2.75, 3.05) is 46.4 Å². The molecular formula is C11H20N2O2. The van der Waals surface area contributed by atoms with E-state index in [-0.39, 0.29) is 0 Å². The van der Waals surface area contributed by atoms with E-state index in [1.807, 2.05) is 11.9 Å². The van der Waals surface area contributed by atoms with Crippen LogP contribution in [0.4, 0.5) is 0 Å². The third kappa shape index (κ3) is 3.18. The summed E-state index contributed by atoms with van der Waals surface area (Å²) in [5.74, 6) is 0.683. The van der Waals surface area contributed by atoms with Gasteiger partial charge >= 0.3 is 0 Å². The van der Waals surface area contributed by atoms with Crippen LogP contribution in [0.25, 0.3) is 0 Å². The first-order chi connectivity index (χ1) is 7.27. The molecule has 0 spiro atoms. The monoisotopic (exact) mass is 212 g/mol. The summed E-state index contributed by atoms with van der Waals surface area (Å²) in [6, 6.07) is 0. The maximum absolute atomic E-state index is 11.7. The van der Waals surface area contributed by atoms with Crippen LogP contribution >= 0.6 is 0 Å². The lowest BCUT2D eigenvalue weighted by Crippen LogP contribution is -2.42. The van der Waals surface area contributed by atoms with Crippen LogP contribution in [0, 0.1) is 5.92 Å². The van der Waals surface area contributed by atoms with Crippen LogP contribution in [0.3, 0.4) is 0 Å². The minimum absolute atomic E-state index is 0.336. The first-order valence-corrected chi connectivity index (χ1v) is 5.82. The van der Waals surface area contributed by atoms with Gasteiger partial charge in [0.25, 0.3) is 0 Å². The normalized spacial score (nSPS) is 22.7. The van der Waals surface area contributed by atoms with E-state index in [1.165, 1.54) is 0 Å². The van der Waals surface area contributed by atoms with Gasteiger partial charge in [-0.1, -0.05) is 0 Å². The molecule has 0 aromatic heterocycles. The SMILES string of the molecule is CN(CCN1CCOCC1)C(=O)C1CC1. The van der Waals surface area contributed by atoms with Crippen molar-refractivity contribution in [1.29, 1.82) is 0 Å². The van der Waals surface area contributed by atoms with Gasteiger partial charge in [-0.2, -0.15) is 0 Å². The van der Waals surface area contributed by atoms with E-state index in [9.17, 15) is 4.79 Å². The van der Waals surface area contributed by atoms with E-state index >= 15 is 0 Å². The Morgan fingerprint density at radius 3 is 2.67 bits per heavy atom. The number of carbonyl (C=O) groups is 1. The molecule has 1 saturated carbocycles. The Balaban J connectivity index is 1.65. The van der Waals surface area contributed by atoms with Crippen LogP contribution in [-0.4, -0.2) is 62.1 Å². The molecule has 0 atom stereocenters. The van der Waals surface area contributed by atoms with E-state index in [4.69, 9.17) is 4.74 Å². The molecule has 1 heterocycles. The third-order valence-electron chi connectivity index (χ3n) is 3.16. The van der Waals surface area contributed by atoms with Crippen molar-refractivity contribution < 1.29 is 9.53 Å². The zero-order chi connectivity index (χ0) is 10.7. The maximum Gasteiger partial charge on any atom is 0.225 e. The lowest BCUT2D eigenvalue weighted by atomic mass is 10.3. The van der Waals surface area contributed by atoms with Gasteiger partial charge in [0.05, 0.1) is 13.2 Å². The van der Waals surface area contributed by atoms with Crippen molar-refractivity contribution in [2.24, 2.45) is 5.92 Å². The van der Waals surface area contributed by atoms with Gasteiger partial charge in [-0.15, -0.1) is 0 Å². The van der Waals surface area contributed by atoms with Crippen LogP contribution in [0.2, 0.25) is 0 Å². The molecule has 0 radical (unpaired) electrons. The Morgan fingerprint density at radius 2 is 2.07 bits per heavy atom. The van der Waals surface area contributed by atoms with Gasteiger partial charge in [0.2, 0.25) is 5.91 Å². The van der Waals surface area contributed by atoms with Crippen molar-refractivity contribution >= 4 is 5.91 Å². The molecule has 0 aromatic carbocycles. The van der Waals surface area contributed by atoms with Crippen molar-refractivity contribution in [2.45, 2.75) is 12.8 Å². The molecule has 2 fully saturated rings. The second-order valence-corrected chi connectivity index (χ2v) is 4.49. The molecule has 1 aliphatic carbocycles. The summed E-state index contributed by atoms with van der Waals surface area (Å²) in [4.78, 5) is 15.9. The van der Waals surface area contributed by atoms with E-state index < -0.39 is 0 Å². The van der Waals surface area contributed by atoms with Crippen LogP contribution in [0.1, 0.15) is 12.8 Å². The zero-order valence-electron chi connectivity index (χ0n) is 9.45. The molecule has 1 amide bonds. The average Bonchev–Trinajstić information content (AvgIpc) is 3.10. The quantitative estimate of drug-likeness (QED) is 0.667. The molecule has 2 aliphatic rings. The number of carbonyl (C=O) groups excluding carboxylic acids is 1. The molecule has 0 unspecified atom stereocenters. The summed E-state index contributed by atoms with van der Waals surface area (Å²) < 4.78 is 5.28. The number of hydrogen-bond donors (Lipinski definition) is 0. The molecule has 1 aliphatic heterocycles. The highest BCUT2D eigenvalue weighted by Gasteiger charge is 2.31. The summed E-state index contributed by atoms with van der Waals surface area (Å²) in [5, 5.41) is 0. The number of hydrogen-bond acceptors (Lipinski definition) is 3. The van der Waals surface area contributed by atoms with Crippen LogP contribution in [0.5, 0.6) is 0 Å². The predicted molar refractivity (Wildman–Crippen MR) is 57.6 cm³/mol. The lowest BCUT2D eigenvalue weighted by Gasteiger charge is -2.28. The molecule has 2 rings (SSSR count). The zero-order valence-corrected chi connectivity index (χ0v) is 9.45. The first kappa shape index (κ1) is 10.9. The number of morpholine rings is 1. The number of likely N-dealkylation sites (N-methyl/N-ethyl adjacent to an activating group) is 1. The molecular weight excluding hydrogens is 192 g/mol. The predicted octanol–water partition coefficient (Wildman–Crippen LogP) is 0.187. The van der Waals surface area contributed by atoms with Gasteiger partial charge in [-0.05, 0) is 12.8 Å². The van der Waals surface area contributed by atoms with E-state index in [0.29, 0.717) is 11.8 Å². The molecule has 86 valence electrons. The number of nitrogens with zero attached hydrogens (tertiary/aromatic N) is 2. The lowest BCUT2D eigenvalue weighted by molar-refractivity contribution is -0.131. The Labute approximate surface area is 91.2 Å². The minimum Gasteiger partial charge on any atom is -0.379 e. The first-order valence-electron chi connectivity index (χ1n) is 5.82. The summed E-state index contributed by atoms with van der Waals surface area (Å²) in [6.07, 6.45) is 2.20. The Morgan fingerprint density at radius 1 is 1.40 bits per heavy atom. The summed E-state index contributed by atoms with van der Waals surface area (Å²) >= 11 is 0. The highest BCUT2D eigenvalue weighted by Crippen LogP contribution is 2.30. The van der Waals surface area contributed by atoms with Gasteiger partial charge in [-0.3, -0.25) is 9.69 Å². The highest BCUT2D eigenvalue weighted by atomic mass is 16.5. The summed E-state index contributed by atoms with van der Waals surface area (Å²) in [7, 11) is 1.92. The Kier molecular flexibility index (Phi) is 3.59. The number of rotatable bonds is 4. The van der Waals surface area contributed by atoms with Crippen LogP contribution in [-0.2, 0) is 9.53 Å². The maximum atomic E-state index is 11.7. The topological polar surface area (TPSA) is 32.8 Å². The fourth-order valence-corrected chi connectivity index (χ4v) is 1.87. The summed E-state index contributed by atoms with van der Waals surface area (Å²) in [5.41, 5.74) is 0. The average molecular weight is 212 g/mol. The van der Waals surface area contributed by atoms with Gasteiger partial charge in [0, 0.05) is 39.1 Å². The van der Waals surface area contributed by atoms with E-state index in [1.54, 1.807) is 0 Å². The largest absolute Gasteiger partial charge is 0.379 e. The highest BCUT2D eigenvalue weighted by molar-refractivity contribution is 5.80. The van der Waals surface area contributed by atoms with Crippen molar-refractivity contribution in [1.82, 2.24) is 9.80 Å². The third-order valence-corrected chi connectivity index (χ3v) is 3.16. The molecule has 0 aromatic rings. The van der Waals surface area contributed by atoms with E-state index in [2.05, 4.69) is 4.90 Å². The molecule has 0 bridgehead atoms. The molecule has 1 saturated heterocycles.